The minimum atomic E-state index is -0.252. The first-order valence-electron chi connectivity index (χ1n) is 6.31. The summed E-state index contributed by atoms with van der Waals surface area (Å²) in [5.41, 5.74) is 1.33. The number of nitrogens with one attached hydrogen (secondary N) is 1. The van der Waals surface area contributed by atoms with Gasteiger partial charge in [0.1, 0.15) is 17.1 Å². The monoisotopic (exact) mass is 279 g/mol. The Labute approximate surface area is 119 Å². The lowest BCUT2D eigenvalue weighted by molar-refractivity contribution is 0.0920. The van der Waals surface area contributed by atoms with Crippen LogP contribution in [0.25, 0.3) is 0 Å². The molecule has 0 aliphatic heterocycles. The van der Waals surface area contributed by atoms with Crippen LogP contribution in [0.1, 0.15) is 17.3 Å². The van der Waals surface area contributed by atoms with Crippen molar-refractivity contribution < 1.29 is 19.0 Å². The molecule has 20 heavy (non-hydrogen) atoms. The molecule has 1 amide bonds. The van der Waals surface area contributed by atoms with Crippen LogP contribution < -0.4 is 14.8 Å². The van der Waals surface area contributed by atoms with Gasteiger partial charge in [-0.3, -0.25) is 4.79 Å². The molecule has 0 spiro atoms. The van der Waals surface area contributed by atoms with Crippen LogP contribution in [0.3, 0.4) is 0 Å². The van der Waals surface area contributed by atoms with Crippen LogP contribution in [0.5, 0.6) is 11.5 Å². The Kier molecular flexibility index (Phi) is 6.59. The average Bonchev–Trinajstić information content (AvgIpc) is 2.45. The second-order valence-electron chi connectivity index (χ2n) is 4.30. The minimum Gasteiger partial charge on any atom is -0.496 e. The van der Waals surface area contributed by atoms with Crippen LogP contribution in [0.2, 0.25) is 0 Å². The highest BCUT2D eigenvalue weighted by molar-refractivity contribution is 5.99. The molecule has 1 aromatic rings. The Morgan fingerprint density at radius 3 is 2.35 bits per heavy atom. The van der Waals surface area contributed by atoms with Gasteiger partial charge in [0.25, 0.3) is 5.91 Å². The van der Waals surface area contributed by atoms with Gasteiger partial charge in [0, 0.05) is 6.54 Å². The van der Waals surface area contributed by atoms with Crippen molar-refractivity contribution in [2.24, 2.45) is 0 Å². The van der Waals surface area contributed by atoms with Crippen molar-refractivity contribution in [1.82, 2.24) is 5.32 Å². The van der Waals surface area contributed by atoms with E-state index in [4.69, 9.17) is 14.2 Å². The third-order valence-electron chi connectivity index (χ3n) is 2.54. The predicted molar refractivity (Wildman–Crippen MR) is 77.5 cm³/mol. The standard InChI is InChI=1S/C15H21NO4/c1-11(2)10-20-9-8-16-15(17)14-12(18-3)6-5-7-13(14)19-4/h5-7H,1,8-10H2,2-4H3,(H,16,17). The number of carbonyl (C=O) groups is 1. The van der Waals surface area contributed by atoms with E-state index in [0.29, 0.717) is 36.8 Å². The van der Waals surface area contributed by atoms with E-state index >= 15 is 0 Å². The summed E-state index contributed by atoms with van der Waals surface area (Å²) >= 11 is 0. The number of ether oxygens (including phenoxy) is 3. The highest BCUT2D eigenvalue weighted by Gasteiger charge is 2.17. The molecular formula is C15H21NO4. The molecule has 0 heterocycles. The van der Waals surface area contributed by atoms with Gasteiger partial charge in [-0.25, -0.2) is 0 Å². The highest BCUT2D eigenvalue weighted by atomic mass is 16.5. The van der Waals surface area contributed by atoms with E-state index in [1.54, 1.807) is 18.2 Å². The average molecular weight is 279 g/mol. The molecule has 0 saturated carbocycles. The number of amides is 1. The van der Waals surface area contributed by atoms with E-state index in [2.05, 4.69) is 11.9 Å². The van der Waals surface area contributed by atoms with Crippen LogP contribution in [-0.2, 0) is 4.74 Å². The number of hydrogen-bond donors (Lipinski definition) is 1. The summed E-state index contributed by atoms with van der Waals surface area (Å²) in [7, 11) is 3.03. The Morgan fingerprint density at radius 1 is 1.25 bits per heavy atom. The van der Waals surface area contributed by atoms with Crippen molar-refractivity contribution in [2.75, 3.05) is 34.0 Å². The van der Waals surface area contributed by atoms with E-state index in [1.165, 1.54) is 14.2 Å². The van der Waals surface area contributed by atoms with Crippen molar-refractivity contribution in [1.29, 1.82) is 0 Å². The number of rotatable bonds is 8. The first-order chi connectivity index (χ1) is 9.60. The van der Waals surface area contributed by atoms with Crippen molar-refractivity contribution in [3.63, 3.8) is 0 Å². The zero-order valence-electron chi connectivity index (χ0n) is 12.2. The van der Waals surface area contributed by atoms with Crippen LogP contribution in [0, 0.1) is 0 Å². The van der Waals surface area contributed by atoms with Crippen molar-refractivity contribution in [3.05, 3.63) is 35.9 Å². The van der Waals surface area contributed by atoms with Gasteiger partial charge in [-0.1, -0.05) is 18.2 Å². The molecule has 1 N–H and O–H groups in total. The van der Waals surface area contributed by atoms with Gasteiger partial charge in [0.15, 0.2) is 0 Å². The second-order valence-corrected chi connectivity index (χ2v) is 4.30. The van der Waals surface area contributed by atoms with Crippen LogP contribution in [0.15, 0.2) is 30.4 Å². The van der Waals surface area contributed by atoms with Crippen molar-refractivity contribution in [2.45, 2.75) is 6.92 Å². The van der Waals surface area contributed by atoms with Gasteiger partial charge in [0.2, 0.25) is 0 Å². The lowest BCUT2D eigenvalue weighted by Gasteiger charge is -2.13. The zero-order chi connectivity index (χ0) is 15.0. The molecule has 5 nitrogen and oxygen atoms in total. The molecule has 5 heteroatoms. The first kappa shape index (κ1) is 16.0. The number of carbonyl (C=O) groups excluding carboxylic acids is 1. The zero-order valence-corrected chi connectivity index (χ0v) is 12.2. The van der Waals surface area contributed by atoms with Gasteiger partial charge in [-0.05, 0) is 19.1 Å². The fourth-order valence-electron chi connectivity index (χ4n) is 1.65. The number of methoxy groups -OCH3 is 2. The fraction of sp³-hybridized carbons (Fsp3) is 0.400. The summed E-state index contributed by atoms with van der Waals surface area (Å²) in [5, 5.41) is 2.77. The van der Waals surface area contributed by atoms with Gasteiger partial charge in [0.05, 0.1) is 27.4 Å². The van der Waals surface area contributed by atoms with Crippen molar-refractivity contribution >= 4 is 5.91 Å². The smallest absolute Gasteiger partial charge is 0.258 e. The second kappa shape index (κ2) is 8.22. The maximum Gasteiger partial charge on any atom is 0.258 e. The summed E-state index contributed by atoms with van der Waals surface area (Å²) < 4.78 is 15.7. The molecule has 1 rings (SSSR count). The molecule has 0 aliphatic rings. The predicted octanol–water partition coefficient (Wildman–Crippen LogP) is 2.03. The number of benzene rings is 1. The maximum atomic E-state index is 12.2. The molecule has 0 aromatic heterocycles. The first-order valence-corrected chi connectivity index (χ1v) is 6.31. The molecule has 0 unspecified atom stereocenters. The summed E-state index contributed by atoms with van der Waals surface area (Å²) in [4.78, 5) is 12.2. The summed E-state index contributed by atoms with van der Waals surface area (Å²) in [5.74, 6) is 0.702. The minimum absolute atomic E-state index is 0.252. The molecule has 0 atom stereocenters. The molecule has 0 fully saturated rings. The maximum absolute atomic E-state index is 12.2. The van der Waals surface area contributed by atoms with Gasteiger partial charge >= 0.3 is 0 Å². The molecule has 0 bridgehead atoms. The lowest BCUT2D eigenvalue weighted by Crippen LogP contribution is -2.28. The fourth-order valence-corrected chi connectivity index (χ4v) is 1.65. The molecule has 110 valence electrons. The van der Waals surface area contributed by atoms with Crippen LogP contribution in [0.4, 0.5) is 0 Å². The highest BCUT2D eigenvalue weighted by Crippen LogP contribution is 2.27. The van der Waals surface area contributed by atoms with Gasteiger partial charge < -0.3 is 19.5 Å². The SMILES string of the molecule is C=C(C)COCCNC(=O)c1c(OC)cccc1OC. The molecule has 0 saturated heterocycles. The summed E-state index contributed by atoms with van der Waals surface area (Å²) in [6.45, 7) is 6.95. The Morgan fingerprint density at radius 2 is 1.85 bits per heavy atom. The lowest BCUT2D eigenvalue weighted by atomic mass is 10.1. The Balaban J connectivity index is 2.61. The normalized spacial score (nSPS) is 9.95. The quantitative estimate of drug-likeness (QED) is 0.584. The Hall–Kier alpha value is -2.01. The topological polar surface area (TPSA) is 56.8 Å². The van der Waals surface area contributed by atoms with Crippen molar-refractivity contribution in [3.8, 4) is 11.5 Å². The molecule has 1 aromatic carbocycles. The third kappa shape index (κ3) is 4.59. The Bertz CT molecular complexity index is 449. The van der Waals surface area contributed by atoms with E-state index in [1.807, 2.05) is 6.92 Å². The molecule has 0 aliphatic carbocycles. The van der Waals surface area contributed by atoms with Crippen LogP contribution in [-0.4, -0.2) is 39.9 Å². The van der Waals surface area contributed by atoms with E-state index in [9.17, 15) is 4.79 Å². The largest absolute Gasteiger partial charge is 0.496 e. The summed E-state index contributed by atoms with van der Waals surface area (Å²) in [6.07, 6.45) is 0. The van der Waals surface area contributed by atoms with E-state index < -0.39 is 0 Å². The molecular weight excluding hydrogens is 258 g/mol. The van der Waals surface area contributed by atoms with Gasteiger partial charge in [-0.2, -0.15) is 0 Å². The van der Waals surface area contributed by atoms with E-state index in [-0.39, 0.29) is 5.91 Å². The third-order valence-corrected chi connectivity index (χ3v) is 2.54. The van der Waals surface area contributed by atoms with E-state index in [0.717, 1.165) is 5.57 Å². The van der Waals surface area contributed by atoms with Gasteiger partial charge in [-0.15, -0.1) is 0 Å². The number of hydrogen-bond acceptors (Lipinski definition) is 4. The van der Waals surface area contributed by atoms with Crippen LogP contribution >= 0.6 is 0 Å². The molecule has 0 radical (unpaired) electrons. The summed E-state index contributed by atoms with van der Waals surface area (Å²) in [6, 6.07) is 5.20.